The van der Waals surface area contributed by atoms with Crippen molar-refractivity contribution in [3.63, 3.8) is 0 Å². The Hall–Kier alpha value is -4.12. The van der Waals surface area contributed by atoms with E-state index < -0.39 is 0 Å². The second-order valence-electron chi connectivity index (χ2n) is 8.11. The van der Waals surface area contributed by atoms with Crippen molar-refractivity contribution in [2.45, 2.75) is 25.7 Å². The van der Waals surface area contributed by atoms with Crippen molar-refractivity contribution < 1.29 is 25.2 Å². The van der Waals surface area contributed by atoms with Crippen LogP contribution < -0.4 is 4.74 Å². The zero-order chi connectivity index (χ0) is 23.2. The maximum atomic E-state index is 10.1. The Morgan fingerprint density at radius 1 is 0.394 bits per heavy atom. The molecule has 0 aromatic heterocycles. The maximum absolute atomic E-state index is 10.1. The molecule has 5 nitrogen and oxygen atoms in total. The lowest BCUT2D eigenvalue weighted by Crippen LogP contribution is -1.93. The van der Waals surface area contributed by atoms with E-state index >= 15 is 0 Å². The summed E-state index contributed by atoms with van der Waals surface area (Å²) >= 11 is 0. The lowest BCUT2D eigenvalue weighted by molar-refractivity contribution is 0.449. The van der Waals surface area contributed by atoms with E-state index in [1.807, 2.05) is 42.5 Å². The number of rotatable bonds is 8. The van der Waals surface area contributed by atoms with Gasteiger partial charge in [-0.1, -0.05) is 24.3 Å². The molecule has 4 rings (SSSR count). The van der Waals surface area contributed by atoms with Gasteiger partial charge >= 0.3 is 0 Å². The first kappa shape index (κ1) is 22.1. The van der Waals surface area contributed by atoms with Crippen LogP contribution in [0, 0.1) is 0 Å². The van der Waals surface area contributed by atoms with E-state index in [1.165, 1.54) is 6.07 Å². The van der Waals surface area contributed by atoms with E-state index in [0.29, 0.717) is 17.9 Å². The highest BCUT2D eigenvalue weighted by Crippen LogP contribution is 2.28. The molecule has 0 saturated carbocycles. The molecule has 4 aromatic rings. The predicted octanol–water partition coefficient (Wildman–Crippen LogP) is 5.87. The Balaban J connectivity index is 1.36. The molecule has 0 saturated heterocycles. The van der Waals surface area contributed by atoms with Crippen molar-refractivity contribution in [1.82, 2.24) is 0 Å². The van der Waals surface area contributed by atoms with Crippen LogP contribution in [0.5, 0.6) is 34.5 Å². The Labute approximate surface area is 192 Å². The van der Waals surface area contributed by atoms with Gasteiger partial charge in [-0.15, -0.1) is 0 Å². The molecule has 0 unspecified atom stereocenters. The molecule has 33 heavy (non-hydrogen) atoms. The summed E-state index contributed by atoms with van der Waals surface area (Å²) in [7, 11) is 0. The standard InChI is InChI=1S/C28H26O5/c29-23-9-5-19(6-10-23)2-4-22-15-26(32)18-28(16-22)33-27-11-7-20(8-12-27)1-3-21-13-24(30)17-25(31)14-21/h5-18,29-32H,1-4H2. The Bertz CT molecular complexity index is 1190. The molecule has 0 amide bonds. The third kappa shape index (κ3) is 6.43. The molecular weight excluding hydrogens is 416 g/mol. The summed E-state index contributed by atoms with van der Waals surface area (Å²) in [6.07, 6.45) is 2.98. The zero-order valence-electron chi connectivity index (χ0n) is 18.1. The van der Waals surface area contributed by atoms with Crippen LogP contribution in [-0.2, 0) is 25.7 Å². The minimum Gasteiger partial charge on any atom is -0.508 e. The third-order valence-corrected chi connectivity index (χ3v) is 5.41. The average molecular weight is 443 g/mol. The monoisotopic (exact) mass is 442 g/mol. The van der Waals surface area contributed by atoms with E-state index in [4.69, 9.17) is 4.74 Å². The lowest BCUT2D eigenvalue weighted by atomic mass is 10.0. The van der Waals surface area contributed by atoms with Gasteiger partial charge in [-0.2, -0.15) is 0 Å². The highest BCUT2D eigenvalue weighted by Gasteiger charge is 2.06. The van der Waals surface area contributed by atoms with Crippen molar-refractivity contribution in [1.29, 1.82) is 0 Å². The highest BCUT2D eigenvalue weighted by molar-refractivity contribution is 5.42. The van der Waals surface area contributed by atoms with Crippen molar-refractivity contribution in [2.24, 2.45) is 0 Å². The molecule has 0 aliphatic heterocycles. The van der Waals surface area contributed by atoms with Crippen LogP contribution in [0.15, 0.2) is 84.9 Å². The number of hydrogen-bond donors (Lipinski definition) is 4. The maximum Gasteiger partial charge on any atom is 0.131 e. The molecule has 4 aromatic carbocycles. The van der Waals surface area contributed by atoms with E-state index in [0.717, 1.165) is 41.5 Å². The zero-order valence-corrected chi connectivity index (χ0v) is 18.1. The van der Waals surface area contributed by atoms with Crippen LogP contribution in [-0.4, -0.2) is 20.4 Å². The SMILES string of the molecule is Oc1ccc(CCc2cc(O)cc(Oc3ccc(CCc4cc(O)cc(O)c4)cc3)c2)cc1. The van der Waals surface area contributed by atoms with E-state index in [9.17, 15) is 20.4 Å². The minimum absolute atomic E-state index is 0.0577. The number of phenolic OH excluding ortho intramolecular Hbond substituents is 4. The van der Waals surface area contributed by atoms with Gasteiger partial charge in [-0.3, -0.25) is 0 Å². The van der Waals surface area contributed by atoms with Gasteiger partial charge in [-0.05, 0) is 96.5 Å². The molecule has 5 heteroatoms. The van der Waals surface area contributed by atoms with Crippen molar-refractivity contribution in [3.05, 3.63) is 107 Å². The van der Waals surface area contributed by atoms with E-state index in [1.54, 1.807) is 36.4 Å². The number of aromatic hydroxyl groups is 4. The molecule has 0 aliphatic carbocycles. The quantitative estimate of drug-likeness (QED) is 0.274. The highest BCUT2D eigenvalue weighted by atomic mass is 16.5. The van der Waals surface area contributed by atoms with Gasteiger partial charge in [0.25, 0.3) is 0 Å². The van der Waals surface area contributed by atoms with Gasteiger partial charge in [0, 0.05) is 12.1 Å². The summed E-state index contributed by atoms with van der Waals surface area (Å²) in [6, 6.07) is 24.7. The fourth-order valence-corrected chi connectivity index (χ4v) is 3.75. The molecule has 0 aliphatic rings. The van der Waals surface area contributed by atoms with Crippen LogP contribution in [0.1, 0.15) is 22.3 Å². The van der Waals surface area contributed by atoms with E-state index in [-0.39, 0.29) is 23.0 Å². The van der Waals surface area contributed by atoms with Gasteiger partial charge in [0.15, 0.2) is 0 Å². The summed E-state index contributed by atoms with van der Waals surface area (Å²) in [5.41, 5.74) is 4.04. The summed E-state index contributed by atoms with van der Waals surface area (Å²) in [6.45, 7) is 0. The second-order valence-corrected chi connectivity index (χ2v) is 8.11. The topological polar surface area (TPSA) is 90.2 Å². The fraction of sp³-hybridized carbons (Fsp3) is 0.143. The summed E-state index contributed by atoms with van der Waals surface area (Å²) in [5.74, 6) is 1.75. The average Bonchev–Trinajstić information content (AvgIpc) is 2.77. The van der Waals surface area contributed by atoms with Crippen molar-refractivity contribution in [2.75, 3.05) is 0 Å². The second kappa shape index (κ2) is 10.0. The molecule has 0 radical (unpaired) electrons. The molecule has 0 bridgehead atoms. The normalized spacial score (nSPS) is 10.8. The van der Waals surface area contributed by atoms with Crippen LogP contribution in [0.3, 0.4) is 0 Å². The first-order chi connectivity index (χ1) is 15.9. The number of aryl methyl sites for hydroxylation is 4. The van der Waals surface area contributed by atoms with E-state index in [2.05, 4.69) is 0 Å². The molecule has 4 N–H and O–H groups in total. The molecule has 0 spiro atoms. The van der Waals surface area contributed by atoms with Gasteiger partial charge in [0.1, 0.15) is 34.5 Å². The number of hydrogen-bond acceptors (Lipinski definition) is 5. The van der Waals surface area contributed by atoms with Gasteiger partial charge in [0.05, 0.1) is 0 Å². The molecule has 0 atom stereocenters. The van der Waals surface area contributed by atoms with Crippen molar-refractivity contribution >= 4 is 0 Å². The lowest BCUT2D eigenvalue weighted by Gasteiger charge is -2.10. The Morgan fingerprint density at radius 3 is 1.42 bits per heavy atom. The smallest absolute Gasteiger partial charge is 0.131 e. The van der Waals surface area contributed by atoms with Gasteiger partial charge in [-0.25, -0.2) is 0 Å². The van der Waals surface area contributed by atoms with Crippen LogP contribution in [0.4, 0.5) is 0 Å². The fourth-order valence-electron chi connectivity index (χ4n) is 3.75. The Morgan fingerprint density at radius 2 is 0.848 bits per heavy atom. The summed E-state index contributed by atoms with van der Waals surface area (Å²) < 4.78 is 5.96. The Kier molecular flexibility index (Phi) is 6.69. The largest absolute Gasteiger partial charge is 0.508 e. The van der Waals surface area contributed by atoms with Crippen LogP contribution in [0.25, 0.3) is 0 Å². The van der Waals surface area contributed by atoms with Gasteiger partial charge in [0.2, 0.25) is 0 Å². The first-order valence-corrected chi connectivity index (χ1v) is 10.8. The molecule has 168 valence electrons. The minimum atomic E-state index is 0.0577. The molecule has 0 fully saturated rings. The number of benzene rings is 4. The number of phenols is 4. The van der Waals surface area contributed by atoms with Crippen LogP contribution in [0.2, 0.25) is 0 Å². The van der Waals surface area contributed by atoms with Crippen LogP contribution >= 0.6 is 0 Å². The van der Waals surface area contributed by atoms with Crippen molar-refractivity contribution in [3.8, 4) is 34.5 Å². The predicted molar refractivity (Wildman–Crippen MR) is 127 cm³/mol. The van der Waals surface area contributed by atoms with Gasteiger partial charge < -0.3 is 25.2 Å². The summed E-state index contributed by atoms with van der Waals surface area (Å²) in [4.78, 5) is 0. The molecule has 0 heterocycles. The summed E-state index contributed by atoms with van der Waals surface area (Å²) in [5, 5.41) is 38.7. The number of ether oxygens (including phenoxy) is 1. The first-order valence-electron chi connectivity index (χ1n) is 10.8. The third-order valence-electron chi connectivity index (χ3n) is 5.41. The molecular formula is C28H26O5.